The summed E-state index contributed by atoms with van der Waals surface area (Å²) in [5.74, 6) is -3.58. The summed E-state index contributed by atoms with van der Waals surface area (Å²) in [5, 5.41) is 9.70. The van der Waals surface area contributed by atoms with Crippen LogP contribution >= 0.6 is 11.6 Å². The molecule has 1 aromatic rings. The van der Waals surface area contributed by atoms with Gasteiger partial charge in [-0.15, -0.1) is 11.6 Å². The van der Waals surface area contributed by atoms with E-state index >= 15 is 0 Å². The zero-order valence-electron chi connectivity index (χ0n) is 13.9. The monoisotopic (exact) mass is 444 g/mol. The molecule has 26 heavy (non-hydrogen) atoms. The van der Waals surface area contributed by atoms with Crippen molar-refractivity contribution in [3.63, 3.8) is 0 Å². The molecule has 0 aromatic heterocycles. The molecule has 148 valence electrons. The summed E-state index contributed by atoms with van der Waals surface area (Å²) >= 11 is 5.33. The van der Waals surface area contributed by atoms with Crippen molar-refractivity contribution in [1.29, 1.82) is 0 Å². The molecule has 1 aromatic carbocycles. The van der Waals surface area contributed by atoms with E-state index in [1.807, 2.05) is 0 Å². The largest absolute Gasteiger partial charge is 0.391 e. The molecule has 0 spiro atoms. The third-order valence-corrected chi connectivity index (χ3v) is 9.25. The Morgan fingerprint density at radius 2 is 1.42 bits per heavy atom. The van der Waals surface area contributed by atoms with Crippen molar-refractivity contribution in [2.75, 3.05) is 34.6 Å². The molecule has 1 unspecified atom stereocenters. The summed E-state index contributed by atoms with van der Waals surface area (Å²) < 4.78 is 71.6. The fraction of sp³-hybridized carbons (Fsp3) is 0.467. The number of hydrogen-bond donors (Lipinski definition) is 1. The quantitative estimate of drug-likeness (QED) is 0.493. The van der Waals surface area contributed by atoms with Crippen LogP contribution in [0.2, 0.25) is 0 Å². The first-order valence-corrected chi connectivity index (χ1v) is 13.3. The van der Waals surface area contributed by atoms with Gasteiger partial charge in [0.2, 0.25) is 0 Å². The maximum atomic E-state index is 12.2. The highest BCUT2D eigenvalue weighted by atomic mass is 35.5. The van der Waals surface area contributed by atoms with Crippen LogP contribution in [0.25, 0.3) is 4.91 Å². The third-order valence-electron chi connectivity index (χ3n) is 3.42. The summed E-state index contributed by atoms with van der Waals surface area (Å²) in [7, 11) is -11.6. The summed E-state index contributed by atoms with van der Waals surface area (Å²) in [6, 6.07) is 8.04. The van der Waals surface area contributed by atoms with Gasteiger partial charge in [-0.1, -0.05) is 36.9 Å². The molecule has 1 rings (SSSR count). The van der Waals surface area contributed by atoms with Gasteiger partial charge in [0.15, 0.2) is 29.5 Å². The van der Waals surface area contributed by atoms with Gasteiger partial charge in [0.25, 0.3) is 0 Å². The van der Waals surface area contributed by atoms with Crippen molar-refractivity contribution in [2.45, 2.75) is 6.10 Å². The average Bonchev–Trinajstić information content (AvgIpc) is 2.52. The molecule has 11 heteroatoms. The normalized spacial score (nSPS) is 14.1. The van der Waals surface area contributed by atoms with Gasteiger partial charge < -0.3 is 5.11 Å². The Balaban J connectivity index is 2.71. The maximum absolute atomic E-state index is 12.2. The van der Waals surface area contributed by atoms with Gasteiger partial charge in [-0.05, 0) is 5.56 Å². The number of halogens is 1. The standard InChI is InChI=1S/C15H21ClO7S3/c1-13(14-5-3-2-4-6-14)26(22,23)10-9-25(20,21)12-15(17)11-24(18,19)8-7-16/h2-6,15,17H,1,7-12H2. The third kappa shape index (κ3) is 7.75. The van der Waals surface area contributed by atoms with Gasteiger partial charge in [-0.25, -0.2) is 25.3 Å². The first-order chi connectivity index (χ1) is 11.9. The number of aliphatic hydroxyl groups excluding tert-OH is 1. The maximum Gasteiger partial charge on any atom is 0.179 e. The van der Waals surface area contributed by atoms with E-state index in [4.69, 9.17) is 11.6 Å². The lowest BCUT2D eigenvalue weighted by atomic mass is 10.2. The van der Waals surface area contributed by atoms with Crippen LogP contribution in [0, 0.1) is 0 Å². The Bertz CT molecular complexity index is 921. The van der Waals surface area contributed by atoms with Crippen molar-refractivity contribution < 1.29 is 30.4 Å². The Hall–Kier alpha value is -0.940. The van der Waals surface area contributed by atoms with Crippen LogP contribution in [0.4, 0.5) is 0 Å². The molecule has 0 amide bonds. The summed E-state index contributed by atoms with van der Waals surface area (Å²) in [5.41, 5.74) is 0.358. The molecule has 0 fully saturated rings. The van der Waals surface area contributed by atoms with E-state index in [9.17, 15) is 30.4 Å². The number of hydrogen-bond acceptors (Lipinski definition) is 7. The van der Waals surface area contributed by atoms with Gasteiger partial charge in [0.1, 0.15) is 0 Å². The van der Waals surface area contributed by atoms with Crippen molar-refractivity contribution in [3.8, 4) is 0 Å². The molecule has 0 radical (unpaired) electrons. The molecule has 0 heterocycles. The molecule has 0 aliphatic heterocycles. The molecular weight excluding hydrogens is 424 g/mol. The van der Waals surface area contributed by atoms with Crippen LogP contribution in [-0.4, -0.2) is 71.1 Å². The predicted molar refractivity (Wildman–Crippen MR) is 103 cm³/mol. The number of rotatable bonds is 11. The zero-order chi connectivity index (χ0) is 20.0. The minimum absolute atomic E-state index is 0.165. The van der Waals surface area contributed by atoms with Crippen molar-refractivity contribution in [1.82, 2.24) is 0 Å². The first kappa shape index (κ1) is 23.1. The molecule has 1 N–H and O–H groups in total. The van der Waals surface area contributed by atoms with Crippen LogP contribution in [0.3, 0.4) is 0 Å². The molecule has 0 saturated carbocycles. The lowest BCUT2D eigenvalue weighted by molar-refractivity contribution is 0.220. The molecule has 0 aliphatic carbocycles. The smallest absolute Gasteiger partial charge is 0.179 e. The number of aliphatic hydroxyl groups is 1. The number of alkyl halides is 1. The van der Waals surface area contributed by atoms with Crippen LogP contribution in [-0.2, 0) is 29.5 Å². The Kier molecular flexibility index (Phi) is 8.28. The number of sulfone groups is 3. The molecule has 0 aliphatic rings. The second-order valence-corrected chi connectivity index (χ2v) is 12.6. The molecular formula is C15H21ClO7S3. The summed E-state index contributed by atoms with van der Waals surface area (Å²) in [6.45, 7) is 3.50. The minimum Gasteiger partial charge on any atom is -0.391 e. The number of benzene rings is 1. The Labute approximate surface area is 159 Å². The fourth-order valence-corrected chi connectivity index (χ4v) is 7.55. The second-order valence-electron chi connectivity index (χ2n) is 5.68. The minimum atomic E-state index is -3.98. The van der Waals surface area contributed by atoms with E-state index in [1.165, 1.54) is 0 Å². The SMILES string of the molecule is C=C(c1ccccc1)S(=O)(=O)CCS(=O)(=O)CC(O)CS(=O)(=O)CCCl. The molecule has 1 atom stereocenters. The van der Waals surface area contributed by atoms with Crippen molar-refractivity contribution in [2.24, 2.45) is 0 Å². The second kappa shape index (κ2) is 9.32. The highest BCUT2D eigenvalue weighted by Crippen LogP contribution is 2.19. The van der Waals surface area contributed by atoms with Gasteiger partial charge >= 0.3 is 0 Å². The van der Waals surface area contributed by atoms with Crippen LogP contribution in [0.1, 0.15) is 5.56 Å². The van der Waals surface area contributed by atoms with E-state index in [1.54, 1.807) is 30.3 Å². The first-order valence-electron chi connectivity index (χ1n) is 7.50. The molecule has 7 nitrogen and oxygen atoms in total. The molecule has 0 bridgehead atoms. The molecule has 0 saturated heterocycles. The van der Waals surface area contributed by atoms with Crippen LogP contribution < -0.4 is 0 Å². The van der Waals surface area contributed by atoms with E-state index in [0.29, 0.717) is 5.56 Å². The van der Waals surface area contributed by atoms with Crippen molar-refractivity contribution >= 4 is 46.0 Å². The van der Waals surface area contributed by atoms with E-state index in [2.05, 4.69) is 6.58 Å². The lowest BCUT2D eigenvalue weighted by Crippen LogP contribution is -2.32. The van der Waals surface area contributed by atoms with Crippen LogP contribution in [0.5, 0.6) is 0 Å². The van der Waals surface area contributed by atoms with Gasteiger partial charge in [0, 0.05) is 5.88 Å². The van der Waals surface area contributed by atoms with Crippen molar-refractivity contribution in [3.05, 3.63) is 42.5 Å². The van der Waals surface area contributed by atoms with Crippen LogP contribution in [0.15, 0.2) is 36.9 Å². The summed E-state index contributed by atoms with van der Waals surface area (Å²) in [4.78, 5) is -0.196. The lowest BCUT2D eigenvalue weighted by Gasteiger charge is -2.12. The Morgan fingerprint density at radius 3 is 1.92 bits per heavy atom. The highest BCUT2D eigenvalue weighted by Gasteiger charge is 2.26. The average molecular weight is 445 g/mol. The van der Waals surface area contributed by atoms with E-state index < -0.39 is 58.6 Å². The fourth-order valence-electron chi connectivity index (χ4n) is 2.08. The summed E-state index contributed by atoms with van der Waals surface area (Å²) in [6.07, 6.45) is -1.65. The zero-order valence-corrected chi connectivity index (χ0v) is 17.1. The topological polar surface area (TPSA) is 123 Å². The van der Waals surface area contributed by atoms with E-state index in [0.717, 1.165) is 0 Å². The van der Waals surface area contributed by atoms with Gasteiger partial charge in [-0.3, -0.25) is 0 Å². The van der Waals surface area contributed by atoms with Gasteiger partial charge in [0.05, 0.1) is 39.8 Å². The Morgan fingerprint density at radius 1 is 0.923 bits per heavy atom. The highest BCUT2D eigenvalue weighted by molar-refractivity contribution is 8.01. The van der Waals surface area contributed by atoms with E-state index in [-0.39, 0.29) is 16.5 Å². The predicted octanol–water partition coefficient (Wildman–Crippen LogP) is 0.501. The van der Waals surface area contributed by atoms with Gasteiger partial charge in [-0.2, -0.15) is 0 Å².